The number of hydrogen-bond donors (Lipinski definition) is 0. The average Bonchev–Trinajstić information content (AvgIpc) is 2.42. The Bertz CT molecular complexity index is 653. The van der Waals surface area contributed by atoms with Gasteiger partial charge in [-0.1, -0.05) is 39.7 Å². The maximum atomic E-state index is 12.4. The Morgan fingerprint density at radius 3 is 2.75 bits per heavy atom. The minimum absolute atomic E-state index is 0.0184. The highest BCUT2D eigenvalue weighted by atomic mass is 79.9. The molecule has 104 valence electrons. The number of ether oxygens (including phenoxy) is 1. The second-order valence-electron chi connectivity index (χ2n) is 4.49. The fraction of sp³-hybridized carbons (Fsp3) is 0.188. The molecule has 20 heavy (non-hydrogen) atoms. The number of halogens is 2. The average molecular weight is 354 g/mol. The van der Waals surface area contributed by atoms with Crippen LogP contribution in [0.15, 0.2) is 40.9 Å². The summed E-state index contributed by atoms with van der Waals surface area (Å²) in [7, 11) is 1.59. The highest BCUT2D eigenvalue weighted by molar-refractivity contribution is 9.10. The van der Waals surface area contributed by atoms with Crippen LogP contribution in [-0.2, 0) is 6.42 Å². The lowest BCUT2D eigenvalue weighted by Crippen LogP contribution is -2.06. The molecule has 0 amide bonds. The standard InChI is InChI=1S/C16H14BrClO2/c1-10-4-3-5-13(16(10)18)14(19)9-11-8-12(17)6-7-15(11)20-2/h3-8H,9H2,1-2H3. The molecule has 0 aliphatic rings. The van der Waals surface area contributed by atoms with Crippen LogP contribution >= 0.6 is 27.5 Å². The van der Waals surface area contributed by atoms with Crippen LogP contribution in [0.5, 0.6) is 5.75 Å². The van der Waals surface area contributed by atoms with Crippen LogP contribution in [0.2, 0.25) is 5.02 Å². The molecule has 0 fully saturated rings. The number of carbonyl (C=O) groups excluding carboxylic acids is 1. The Morgan fingerprint density at radius 2 is 2.05 bits per heavy atom. The Labute approximate surface area is 131 Å². The predicted octanol–water partition coefficient (Wildman–Crippen LogP) is 4.84. The van der Waals surface area contributed by atoms with Gasteiger partial charge in [-0.15, -0.1) is 0 Å². The zero-order chi connectivity index (χ0) is 14.7. The van der Waals surface area contributed by atoms with Crippen LogP contribution in [0.3, 0.4) is 0 Å². The highest BCUT2D eigenvalue weighted by Crippen LogP contribution is 2.26. The number of methoxy groups -OCH3 is 1. The molecule has 0 unspecified atom stereocenters. The van der Waals surface area contributed by atoms with Gasteiger partial charge in [-0.05, 0) is 36.8 Å². The van der Waals surface area contributed by atoms with Gasteiger partial charge in [0.2, 0.25) is 0 Å². The van der Waals surface area contributed by atoms with E-state index in [0.717, 1.165) is 15.6 Å². The van der Waals surface area contributed by atoms with E-state index in [2.05, 4.69) is 15.9 Å². The Kier molecular flexibility index (Phi) is 4.84. The molecule has 4 heteroatoms. The first-order chi connectivity index (χ1) is 9.52. The summed E-state index contributed by atoms with van der Waals surface area (Å²) in [6, 6.07) is 11.1. The summed E-state index contributed by atoms with van der Waals surface area (Å²) in [6.07, 6.45) is 0.256. The van der Waals surface area contributed by atoms with Crippen molar-refractivity contribution in [3.8, 4) is 5.75 Å². The van der Waals surface area contributed by atoms with Gasteiger partial charge < -0.3 is 4.74 Å². The Morgan fingerprint density at radius 1 is 1.30 bits per heavy atom. The third-order valence-corrected chi connectivity index (χ3v) is 4.08. The van der Waals surface area contributed by atoms with Gasteiger partial charge in [0, 0.05) is 22.0 Å². The van der Waals surface area contributed by atoms with Crippen molar-refractivity contribution in [2.24, 2.45) is 0 Å². The largest absolute Gasteiger partial charge is 0.496 e. The first-order valence-electron chi connectivity index (χ1n) is 6.13. The molecule has 0 saturated heterocycles. The molecule has 0 aliphatic heterocycles. The van der Waals surface area contributed by atoms with Gasteiger partial charge in [0.1, 0.15) is 5.75 Å². The number of ketones is 1. The molecule has 0 bridgehead atoms. The van der Waals surface area contributed by atoms with Crippen molar-refractivity contribution in [1.82, 2.24) is 0 Å². The molecule has 0 spiro atoms. The van der Waals surface area contributed by atoms with Crippen molar-refractivity contribution in [3.05, 3.63) is 62.6 Å². The van der Waals surface area contributed by atoms with E-state index in [-0.39, 0.29) is 12.2 Å². The molecular formula is C16H14BrClO2. The fourth-order valence-corrected chi connectivity index (χ4v) is 2.66. The van der Waals surface area contributed by atoms with Crippen molar-refractivity contribution in [3.63, 3.8) is 0 Å². The molecular weight excluding hydrogens is 340 g/mol. The molecule has 0 radical (unpaired) electrons. The van der Waals surface area contributed by atoms with E-state index >= 15 is 0 Å². The van der Waals surface area contributed by atoms with Crippen molar-refractivity contribution in [2.45, 2.75) is 13.3 Å². The third-order valence-electron chi connectivity index (χ3n) is 3.09. The van der Waals surface area contributed by atoms with Gasteiger partial charge in [-0.25, -0.2) is 0 Å². The highest BCUT2D eigenvalue weighted by Gasteiger charge is 2.15. The maximum absolute atomic E-state index is 12.4. The first kappa shape index (κ1) is 15.1. The van der Waals surface area contributed by atoms with Gasteiger partial charge in [0.05, 0.1) is 12.1 Å². The van der Waals surface area contributed by atoms with Crippen LogP contribution in [0, 0.1) is 6.92 Å². The number of benzene rings is 2. The van der Waals surface area contributed by atoms with Gasteiger partial charge in [0.15, 0.2) is 5.78 Å². The third kappa shape index (κ3) is 3.22. The molecule has 2 aromatic carbocycles. The fourth-order valence-electron chi connectivity index (χ4n) is 2.02. The number of aryl methyl sites for hydroxylation is 1. The predicted molar refractivity (Wildman–Crippen MR) is 84.9 cm³/mol. The van der Waals surface area contributed by atoms with Crippen molar-refractivity contribution in [2.75, 3.05) is 7.11 Å². The smallest absolute Gasteiger partial charge is 0.168 e. The summed E-state index contributed by atoms with van der Waals surface area (Å²) >= 11 is 9.60. The number of hydrogen-bond acceptors (Lipinski definition) is 2. The van der Waals surface area contributed by atoms with E-state index in [0.29, 0.717) is 16.3 Å². The summed E-state index contributed by atoms with van der Waals surface area (Å²) in [5.41, 5.74) is 2.29. The molecule has 0 heterocycles. The second kappa shape index (κ2) is 6.42. The minimum atomic E-state index is -0.0184. The van der Waals surface area contributed by atoms with Gasteiger partial charge in [-0.3, -0.25) is 4.79 Å². The molecule has 0 N–H and O–H groups in total. The first-order valence-corrected chi connectivity index (χ1v) is 7.30. The van der Waals surface area contributed by atoms with Gasteiger partial charge >= 0.3 is 0 Å². The van der Waals surface area contributed by atoms with Crippen LogP contribution < -0.4 is 4.74 Å². The minimum Gasteiger partial charge on any atom is -0.496 e. The second-order valence-corrected chi connectivity index (χ2v) is 5.79. The van der Waals surface area contributed by atoms with E-state index in [1.54, 1.807) is 13.2 Å². The SMILES string of the molecule is COc1ccc(Br)cc1CC(=O)c1cccc(C)c1Cl. The van der Waals surface area contributed by atoms with Crippen LogP contribution in [0.1, 0.15) is 21.5 Å². The van der Waals surface area contributed by atoms with Crippen LogP contribution in [0.4, 0.5) is 0 Å². The van der Waals surface area contributed by atoms with Gasteiger partial charge in [0.25, 0.3) is 0 Å². The summed E-state index contributed by atoms with van der Waals surface area (Å²) in [5, 5.41) is 0.520. The summed E-state index contributed by atoms with van der Waals surface area (Å²) in [5.74, 6) is 0.681. The van der Waals surface area contributed by atoms with E-state index in [1.807, 2.05) is 37.3 Å². The van der Waals surface area contributed by atoms with Crippen molar-refractivity contribution >= 4 is 33.3 Å². The van der Waals surface area contributed by atoms with Crippen LogP contribution in [0.25, 0.3) is 0 Å². The van der Waals surface area contributed by atoms with E-state index in [4.69, 9.17) is 16.3 Å². The molecule has 2 nitrogen and oxygen atoms in total. The van der Waals surface area contributed by atoms with E-state index < -0.39 is 0 Å². The maximum Gasteiger partial charge on any atom is 0.168 e. The number of carbonyl (C=O) groups is 1. The van der Waals surface area contributed by atoms with Crippen LogP contribution in [-0.4, -0.2) is 12.9 Å². The lowest BCUT2D eigenvalue weighted by molar-refractivity contribution is 0.0992. The number of rotatable bonds is 4. The quantitative estimate of drug-likeness (QED) is 0.735. The van der Waals surface area contributed by atoms with E-state index in [9.17, 15) is 4.79 Å². The molecule has 2 aromatic rings. The number of Topliss-reactive ketones (excluding diaryl/α,β-unsaturated/α-hetero) is 1. The molecule has 0 saturated carbocycles. The lowest BCUT2D eigenvalue weighted by atomic mass is 10.0. The molecule has 0 aliphatic carbocycles. The monoisotopic (exact) mass is 352 g/mol. The molecule has 0 aromatic heterocycles. The summed E-state index contributed by atoms with van der Waals surface area (Å²) in [6.45, 7) is 1.89. The van der Waals surface area contributed by atoms with Crippen molar-refractivity contribution in [1.29, 1.82) is 0 Å². The summed E-state index contributed by atoms with van der Waals surface area (Å²) < 4.78 is 6.20. The van der Waals surface area contributed by atoms with Crippen molar-refractivity contribution < 1.29 is 9.53 Å². The zero-order valence-corrected chi connectivity index (χ0v) is 13.6. The Hall–Kier alpha value is -1.32. The topological polar surface area (TPSA) is 26.3 Å². The molecule has 2 rings (SSSR count). The summed E-state index contributed by atoms with van der Waals surface area (Å²) in [4.78, 5) is 12.4. The zero-order valence-electron chi connectivity index (χ0n) is 11.2. The van der Waals surface area contributed by atoms with E-state index in [1.165, 1.54) is 0 Å². The Balaban J connectivity index is 2.32. The lowest BCUT2D eigenvalue weighted by Gasteiger charge is -2.10. The molecule has 0 atom stereocenters. The van der Waals surface area contributed by atoms with Gasteiger partial charge in [-0.2, -0.15) is 0 Å². The normalized spacial score (nSPS) is 10.4.